The van der Waals surface area contributed by atoms with E-state index in [1.165, 1.54) is 43.6 Å². The minimum absolute atomic E-state index is 0.0384. The van der Waals surface area contributed by atoms with E-state index < -0.39 is 28.5 Å². The zero-order chi connectivity index (χ0) is 25.2. The number of nitrogens with one attached hydrogen (secondary N) is 1. The van der Waals surface area contributed by atoms with Gasteiger partial charge in [-0.15, -0.1) is 11.3 Å². The van der Waals surface area contributed by atoms with Gasteiger partial charge in [0.25, 0.3) is 5.91 Å². The van der Waals surface area contributed by atoms with E-state index in [9.17, 15) is 18.0 Å². The minimum Gasteiger partial charge on any atom is -0.452 e. The molecule has 0 fully saturated rings. The lowest BCUT2D eigenvalue weighted by atomic mass is 10.1. The molecule has 0 bridgehead atoms. The van der Waals surface area contributed by atoms with Gasteiger partial charge in [0.15, 0.2) is 6.61 Å². The summed E-state index contributed by atoms with van der Waals surface area (Å²) in [5.74, 6) is -1.36. The van der Waals surface area contributed by atoms with Crippen LogP contribution in [0.5, 0.6) is 0 Å². The summed E-state index contributed by atoms with van der Waals surface area (Å²) in [7, 11) is -0.930. The fraction of sp³-hybridized carbons (Fsp3) is 0.125. The van der Waals surface area contributed by atoms with Crippen LogP contribution in [0, 0.1) is 0 Å². The summed E-state index contributed by atoms with van der Waals surface area (Å²) in [6.07, 6.45) is 0. The van der Waals surface area contributed by atoms with Crippen molar-refractivity contribution >= 4 is 61.4 Å². The molecule has 0 spiro atoms. The molecule has 1 amide bonds. The van der Waals surface area contributed by atoms with Crippen LogP contribution in [0.25, 0.3) is 21.5 Å². The molecule has 0 aliphatic rings. The van der Waals surface area contributed by atoms with Crippen molar-refractivity contribution in [1.82, 2.24) is 9.29 Å². The molecular formula is C24H20ClN3O5S2. The standard InChI is InChI=1S/C24H20ClN3O5S2/c1-28(2)35(31,32)15-9-10-18(25)20(12-15)27-23(29)14-33-24(30)17-13-21(22-8-5-11-34-22)26-19-7-4-3-6-16(17)19/h3-13H,14H2,1-2H3,(H,27,29). The van der Waals surface area contributed by atoms with Gasteiger partial charge in [0, 0.05) is 19.5 Å². The number of thiophene rings is 1. The van der Waals surface area contributed by atoms with Crippen LogP contribution in [0.3, 0.4) is 0 Å². The molecule has 0 saturated heterocycles. The molecule has 4 rings (SSSR count). The third kappa shape index (κ3) is 5.35. The highest BCUT2D eigenvalue weighted by Gasteiger charge is 2.20. The predicted molar refractivity (Wildman–Crippen MR) is 136 cm³/mol. The number of halogens is 1. The number of aromatic nitrogens is 1. The maximum absolute atomic E-state index is 12.9. The Morgan fingerprint density at radius 1 is 1.09 bits per heavy atom. The van der Waals surface area contributed by atoms with Gasteiger partial charge in [0.05, 0.1) is 37.3 Å². The largest absolute Gasteiger partial charge is 0.452 e. The molecule has 11 heteroatoms. The summed E-state index contributed by atoms with van der Waals surface area (Å²) in [4.78, 5) is 30.9. The van der Waals surface area contributed by atoms with Crippen molar-refractivity contribution in [3.05, 3.63) is 76.6 Å². The van der Waals surface area contributed by atoms with Crippen molar-refractivity contribution in [2.75, 3.05) is 26.0 Å². The Hall–Kier alpha value is -3.31. The van der Waals surface area contributed by atoms with Crippen LogP contribution < -0.4 is 5.32 Å². The van der Waals surface area contributed by atoms with Crippen molar-refractivity contribution in [2.24, 2.45) is 0 Å². The monoisotopic (exact) mass is 529 g/mol. The highest BCUT2D eigenvalue weighted by atomic mass is 35.5. The number of sulfonamides is 1. The van der Waals surface area contributed by atoms with Gasteiger partial charge in [-0.25, -0.2) is 22.5 Å². The van der Waals surface area contributed by atoms with Gasteiger partial charge in [0.1, 0.15) is 0 Å². The van der Waals surface area contributed by atoms with E-state index >= 15 is 0 Å². The highest BCUT2D eigenvalue weighted by Crippen LogP contribution is 2.29. The van der Waals surface area contributed by atoms with Gasteiger partial charge in [-0.1, -0.05) is 35.9 Å². The van der Waals surface area contributed by atoms with Crippen LogP contribution >= 0.6 is 22.9 Å². The molecule has 2 aromatic heterocycles. The Bertz CT molecular complexity index is 1520. The lowest BCUT2D eigenvalue weighted by molar-refractivity contribution is -0.119. The topological polar surface area (TPSA) is 106 Å². The Morgan fingerprint density at radius 2 is 1.86 bits per heavy atom. The number of carbonyl (C=O) groups is 2. The fourth-order valence-electron chi connectivity index (χ4n) is 3.26. The third-order valence-corrected chi connectivity index (χ3v) is 8.07. The van der Waals surface area contributed by atoms with E-state index in [-0.39, 0.29) is 21.2 Å². The van der Waals surface area contributed by atoms with E-state index in [0.29, 0.717) is 16.6 Å². The number of pyridine rings is 1. The number of rotatable bonds is 7. The second-order valence-electron chi connectivity index (χ2n) is 7.60. The van der Waals surface area contributed by atoms with Gasteiger partial charge in [-0.3, -0.25) is 4.79 Å². The average molecular weight is 530 g/mol. The van der Waals surface area contributed by atoms with Gasteiger partial charge >= 0.3 is 5.97 Å². The summed E-state index contributed by atoms with van der Waals surface area (Å²) < 4.78 is 31.1. The molecule has 0 atom stereocenters. The lowest BCUT2D eigenvalue weighted by Gasteiger charge is -2.14. The normalized spacial score (nSPS) is 11.5. The lowest BCUT2D eigenvalue weighted by Crippen LogP contribution is -2.23. The molecule has 0 unspecified atom stereocenters. The van der Waals surface area contributed by atoms with Crippen molar-refractivity contribution in [2.45, 2.75) is 4.90 Å². The number of amides is 1. The number of fused-ring (bicyclic) bond motifs is 1. The molecule has 2 heterocycles. The molecule has 0 aliphatic carbocycles. The Kier molecular flexibility index (Phi) is 7.18. The molecule has 2 aromatic carbocycles. The van der Waals surface area contributed by atoms with E-state index in [0.717, 1.165) is 9.18 Å². The van der Waals surface area contributed by atoms with Gasteiger partial charge in [-0.05, 0) is 41.8 Å². The zero-order valence-corrected chi connectivity index (χ0v) is 21.1. The number of carbonyl (C=O) groups excluding carboxylic acids is 2. The van der Waals surface area contributed by atoms with Crippen molar-refractivity contribution in [1.29, 1.82) is 0 Å². The highest BCUT2D eigenvalue weighted by molar-refractivity contribution is 7.89. The molecule has 8 nitrogen and oxygen atoms in total. The van der Waals surface area contributed by atoms with Gasteiger partial charge in [0.2, 0.25) is 10.0 Å². The Balaban J connectivity index is 1.52. The summed E-state index contributed by atoms with van der Waals surface area (Å²) in [5, 5.41) is 5.15. The second-order valence-corrected chi connectivity index (χ2v) is 11.1. The molecule has 35 heavy (non-hydrogen) atoms. The van der Waals surface area contributed by atoms with E-state index in [1.807, 2.05) is 23.6 Å². The first kappa shape index (κ1) is 24.8. The number of para-hydroxylation sites is 1. The third-order valence-electron chi connectivity index (χ3n) is 5.03. The summed E-state index contributed by atoms with van der Waals surface area (Å²) in [5.41, 5.74) is 1.62. The fourth-order valence-corrected chi connectivity index (χ4v) is 5.04. The molecule has 4 aromatic rings. The minimum atomic E-state index is -3.72. The predicted octanol–water partition coefficient (Wildman–Crippen LogP) is 4.66. The number of nitrogens with zero attached hydrogens (tertiary/aromatic N) is 2. The van der Waals surface area contributed by atoms with Crippen molar-refractivity contribution in [3.8, 4) is 10.6 Å². The van der Waals surface area contributed by atoms with Crippen LogP contribution in [0.2, 0.25) is 5.02 Å². The Labute approximate surface area is 211 Å². The van der Waals surface area contributed by atoms with Crippen LogP contribution in [0.15, 0.2) is 70.9 Å². The molecule has 180 valence electrons. The van der Waals surface area contributed by atoms with Gasteiger partial charge < -0.3 is 10.1 Å². The number of ether oxygens (including phenoxy) is 1. The smallest absolute Gasteiger partial charge is 0.339 e. The SMILES string of the molecule is CN(C)S(=O)(=O)c1ccc(Cl)c(NC(=O)COC(=O)c2cc(-c3cccs3)nc3ccccc23)c1. The van der Waals surface area contributed by atoms with Crippen molar-refractivity contribution < 1.29 is 22.7 Å². The van der Waals surface area contributed by atoms with Crippen LogP contribution in [-0.2, 0) is 19.6 Å². The van der Waals surface area contributed by atoms with E-state index in [2.05, 4.69) is 10.3 Å². The van der Waals surface area contributed by atoms with Crippen molar-refractivity contribution in [3.63, 3.8) is 0 Å². The molecule has 0 saturated carbocycles. The molecule has 0 aliphatic heterocycles. The quantitative estimate of drug-likeness (QED) is 0.349. The van der Waals surface area contributed by atoms with Crippen LogP contribution in [0.1, 0.15) is 10.4 Å². The van der Waals surface area contributed by atoms with E-state index in [4.69, 9.17) is 16.3 Å². The summed E-state index contributed by atoms with van der Waals surface area (Å²) in [6.45, 7) is -0.592. The first-order valence-corrected chi connectivity index (χ1v) is 13.0. The summed E-state index contributed by atoms with van der Waals surface area (Å²) >= 11 is 7.62. The van der Waals surface area contributed by atoms with Crippen LogP contribution in [-0.4, -0.2) is 50.3 Å². The molecule has 1 N–H and O–H groups in total. The van der Waals surface area contributed by atoms with Crippen LogP contribution in [0.4, 0.5) is 5.69 Å². The first-order valence-electron chi connectivity index (χ1n) is 10.3. The number of hydrogen-bond donors (Lipinski definition) is 1. The summed E-state index contributed by atoms with van der Waals surface area (Å²) in [6, 6.07) is 16.6. The maximum Gasteiger partial charge on any atom is 0.339 e. The number of benzene rings is 2. The molecular weight excluding hydrogens is 510 g/mol. The molecule has 0 radical (unpaired) electrons. The van der Waals surface area contributed by atoms with Gasteiger partial charge in [-0.2, -0.15) is 0 Å². The Morgan fingerprint density at radius 3 is 2.57 bits per heavy atom. The zero-order valence-electron chi connectivity index (χ0n) is 18.7. The van der Waals surface area contributed by atoms with E-state index in [1.54, 1.807) is 24.3 Å². The maximum atomic E-state index is 12.9. The average Bonchev–Trinajstić information content (AvgIpc) is 3.38. The number of anilines is 1. The first-order chi connectivity index (χ1) is 16.7. The number of hydrogen-bond acceptors (Lipinski definition) is 7. The number of esters is 1. The second kappa shape index (κ2) is 10.1.